The van der Waals surface area contributed by atoms with Gasteiger partial charge < -0.3 is 10.6 Å². The van der Waals surface area contributed by atoms with Crippen molar-refractivity contribution in [1.82, 2.24) is 10.9 Å². The highest BCUT2D eigenvalue weighted by Crippen LogP contribution is 2.15. The van der Waals surface area contributed by atoms with E-state index in [1.165, 1.54) is 12.4 Å². The minimum Gasteiger partial charge on any atom is -0.322 e. The molecule has 0 aromatic heterocycles. The van der Waals surface area contributed by atoms with Gasteiger partial charge in [0.05, 0.1) is 12.4 Å². The number of hydrogen-bond acceptors (Lipinski definition) is 6. The number of carbonyl (C=O) groups is 4. The lowest BCUT2D eigenvalue weighted by atomic mass is 10.1. The van der Waals surface area contributed by atoms with Crippen LogP contribution in [-0.4, -0.2) is 36.1 Å². The summed E-state index contributed by atoms with van der Waals surface area (Å²) < 4.78 is 0. The zero-order valence-electron chi connectivity index (χ0n) is 26.2. The van der Waals surface area contributed by atoms with E-state index in [1.54, 1.807) is 84.9 Å². The average Bonchev–Trinajstić information content (AvgIpc) is 3.10. The Balaban J connectivity index is 1.06. The van der Waals surface area contributed by atoms with E-state index in [0.29, 0.717) is 33.6 Å². The Hall–Kier alpha value is -6.68. The summed E-state index contributed by atoms with van der Waals surface area (Å²) in [5.41, 5.74) is 11.3. The Labute approximate surface area is 277 Å². The minimum atomic E-state index is -0.399. The molecule has 0 unspecified atom stereocenters. The van der Waals surface area contributed by atoms with Crippen LogP contribution in [0.15, 0.2) is 132 Å². The number of aryl methyl sites for hydroxylation is 2. The summed E-state index contributed by atoms with van der Waals surface area (Å²) in [5.74, 6) is -1.24. The Bertz CT molecular complexity index is 1860. The number of hydrogen-bond donors (Lipinski definition) is 4. The van der Waals surface area contributed by atoms with Gasteiger partial charge in [0.25, 0.3) is 23.6 Å². The predicted molar refractivity (Wildman–Crippen MR) is 188 cm³/mol. The molecule has 0 atom stereocenters. The highest BCUT2D eigenvalue weighted by atomic mass is 16.2. The number of anilines is 2. The molecule has 0 spiro atoms. The lowest BCUT2D eigenvalue weighted by molar-refractivity contribution is 0.0947. The highest BCUT2D eigenvalue weighted by Gasteiger charge is 2.11. The maximum absolute atomic E-state index is 12.5. The summed E-state index contributed by atoms with van der Waals surface area (Å²) in [6.45, 7) is 3.74. The van der Waals surface area contributed by atoms with Gasteiger partial charge in [-0.25, -0.2) is 10.9 Å². The van der Waals surface area contributed by atoms with Crippen LogP contribution in [0, 0.1) is 13.8 Å². The summed E-state index contributed by atoms with van der Waals surface area (Å²) in [4.78, 5) is 50.0. The van der Waals surface area contributed by atoms with Crippen LogP contribution in [-0.2, 0) is 0 Å². The second-order valence-corrected chi connectivity index (χ2v) is 10.8. The van der Waals surface area contributed by atoms with Crippen LogP contribution in [0.3, 0.4) is 0 Å². The fourth-order valence-electron chi connectivity index (χ4n) is 4.59. The summed E-state index contributed by atoms with van der Waals surface area (Å²) in [5, 5.41) is 13.7. The fraction of sp³-hybridized carbons (Fsp3) is 0.0526. The van der Waals surface area contributed by atoms with E-state index in [4.69, 9.17) is 0 Å². The smallest absolute Gasteiger partial charge is 0.271 e. The molecular weight excluding hydrogens is 604 g/mol. The van der Waals surface area contributed by atoms with E-state index in [2.05, 4.69) is 31.7 Å². The number of benzene rings is 5. The molecule has 10 heteroatoms. The Kier molecular flexibility index (Phi) is 10.6. The first-order valence-corrected chi connectivity index (χ1v) is 15.0. The molecule has 0 heterocycles. The minimum absolute atomic E-state index is 0.221. The first-order valence-electron chi connectivity index (χ1n) is 15.0. The standard InChI is InChI=1S/C38H32N6O4/c1-25-7-3-5-9-33(25)37(47)41-31-19-15-29(16-20-31)35(45)43-39-23-27-11-13-28(14-12-27)24-40-44-36(46)30-17-21-32(22-18-30)42-38(48)34-10-6-4-8-26(34)2/h3-24H,1-2H3,(H,41,47)(H,42,48)(H,43,45)(H,44,46). The topological polar surface area (TPSA) is 141 Å². The summed E-state index contributed by atoms with van der Waals surface area (Å²) in [7, 11) is 0. The third kappa shape index (κ3) is 8.73. The van der Waals surface area contributed by atoms with Gasteiger partial charge in [-0.2, -0.15) is 10.2 Å². The highest BCUT2D eigenvalue weighted by molar-refractivity contribution is 6.06. The van der Waals surface area contributed by atoms with Crippen molar-refractivity contribution < 1.29 is 19.2 Å². The molecule has 4 amide bonds. The van der Waals surface area contributed by atoms with Crippen molar-refractivity contribution in [3.8, 4) is 0 Å². The van der Waals surface area contributed by atoms with Gasteiger partial charge in [-0.15, -0.1) is 0 Å². The molecule has 0 aliphatic rings. The molecule has 48 heavy (non-hydrogen) atoms. The number of amides is 4. The first-order chi connectivity index (χ1) is 23.3. The van der Waals surface area contributed by atoms with E-state index < -0.39 is 11.8 Å². The van der Waals surface area contributed by atoms with Crippen molar-refractivity contribution in [2.45, 2.75) is 13.8 Å². The van der Waals surface area contributed by atoms with Crippen molar-refractivity contribution in [3.63, 3.8) is 0 Å². The van der Waals surface area contributed by atoms with Gasteiger partial charge in [-0.05, 0) is 96.8 Å². The van der Waals surface area contributed by atoms with Crippen molar-refractivity contribution in [3.05, 3.63) is 166 Å². The molecule has 0 bridgehead atoms. The second-order valence-electron chi connectivity index (χ2n) is 10.8. The first kappa shape index (κ1) is 32.7. The SMILES string of the molecule is Cc1ccccc1C(=O)Nc1ccc(C(=O)NN=Cc2ccc(C=NNC(=O)c3ccc(NC(=O)c4ccccc4C)cc3)cc2)cc1. The molecule has 238 valence electrons. The van der Waals surface area contributed by atoms with Crippen molar-refractivity contribution in [1.29, 1.82) is 0 Å². The monoisotopic (exact) mass is 636 g/mol. The summed E-state index contributed by atoms with van der Waals surface area (Å²) in [6.07, 6.45) is 3.01. The Morgan fingerprint density at radius 2 is 0.812 bits per heavy atom. The van der Waals surface area contributed by atoms with Crippen LogP contribution in [0.2, 0.25) is 0 Å². The molecule has 0 saturated heterocycles. The van der Waals surface area contributed by atoms with Crippen LogP contribution in [0.25, 0.3) is 0 Å². The summed E-state index contributed by atoms with van der Waals surface area (Å²) >= 11 is 0. The third-order valence-electron chi connectivity index (χ3n) is 7.29. The van der Waals surface area contributed by atoms with Gasteiger partial charge in [-0.3, -0.25) is 19.2 Å². The number of hydrazone groups is 2. The molecule has 0 saturated carbocycles. The van der Waals surface area contributed by atoms with Gasteiger partial charge in [0, 0.05) is 33.6 Å². The van der Waals surface area contributed by atoms with Gasteiger partial charge in [0.1, 0.15) is 0 Å². The number of nitrogens with zero attached hydrogens (tertiary/aromatic N) is 2. The maximum Gasteiger partial charge on any atom is 0.271 e. The number of rotatable bonds is 10. The Morgan fingerprint density at radius 3 is 1.17 bits per heavy atom. The molecule has 5 aromatic rings. The predicted octanol–water partition coefficient (Wildman–Crippen LogP) is 6.34. The van der Waals surface area contributed by atoms with E-state index in [0.717, 1.165) is 22.3 Å². The zero-order chi connectivity index (χ0) is 33.9. The third-order valence-corrected chi connectivity index (χ3v) is 7.29. The molecule has 4 N–H and O–H groups in total. The molecule has 5 aromatic carbocycles. The van der Waals surface area contributed by atoms with Crippen molar-refractivity contribution in [2.75, 3.05) is 10.6 Å². The van der Waals surface area contributed by atoms with Crippen LogP contribution >= 0.6 is 0 Å². The van der Waals surface area contributed by atoms with Crippen molar-refractivity contribution in [2.24, 2.45) is 10.2 Å². The Morgan fingerprint density at radius 1 is 0.458 bits per heavy atom. The lowest BCUT2D eigenvalue weighted by Gasteiger charge is -2.08. The lowest BCUT2D eigenvalue weighted by Crippen LogP contribution is -2.18. The van der Waals surface area contributed by atoms with Crippen LogP contribution in [0.4, 0.5) is 11.4 Å². The zero-order valence-corrected chi connectivity index (χ0v) is 26.2. The van der Waals surface area contributed by atoms with Gasteiger partial charge in [0.15, 0.2) is 0 Å². The molecular formula is C38H32N6O4. The number of carbonyl (C=O) groups excluding carboxylic acids is 4. The van der Waals surface area contributed by atoms with E-state index in [9.17, 15) is 19.2 Å². The van der Waals surface area contributed by atoms with E-state index in [1.807, 2.05) is 50.2 Å². The van der Waals surface area contributed by atoms with E-state index >= 15 is 0 Å². The average molecular weight is 637 g/mol. The van der Waals surface area contributed by atoms with E-state index in [-0.39, 0.29) is 11.8 Å². The van der Waals surface area contributed by atoms with Gasteiger partial charge >= 0.3 is 0 Å². The maximum atomic E-state index is 12.5. The van der Waals surface area contributed by atoms with Crippen LogP contribution < -0.4 is 21.5 Å². The molecule has 0 aliphatic heterocycles. The quantitative estimate of drug-likeness (QED) is 0.105. The van der Waals surface area contributed by atoms with Crippen LogP contribution in [0.1, 0.15) is 63.7 Å². The molecule has 5 rings (SSSR count). The molecule has 0 radical (unpaired) electrons. The molecule has 0 fully saturated rings. The van der Waals surface area contributed by atoms with Crippen molar-refractivity contribution >= 4 is 47.4 Å². The number of nitrogens with one attached hydrogen (secondary N) is 4. The largest absolute Gasteiger partial charge is 0.322 e. The van der Waals surface area contributed by atoms with Crippen LogP contribution in [0.5, 0.6) is 0 Å². The van der Waals surface area contributed by atoms with Gasteiger partial charge in [-0.1, -0.05) is 60.7 Å². The van der Waals surface area contributed by atoms with Gasteiger partial charge in [0.2, 0.25) is 0 Å². The molecule has 0 aliphatic carbocycles. The normalized spacial score (nSPS) is 10.9. The summed E-state index contributed by atoms with van der Waals surface area (Å²) in [6, 6.07) is 34.8. The second kappa shape index (κ2) is 15.5. The fourth-order valence-corrected chi connectivity index (χ4v) is 4.59. The molecule has 10 nitrogen and oxygen atoms in total.